The van der Waals surface area contributed by atoms with Gasteiger partial charge in [0, 0.05) is 0 Å². The highest BCUT2D eigenvalue weighted by Crippen LogP contribution is 2.28. The van der Waals surface area contributed by atoms with E-state index in [0.717, 1.165) is 15.8 Å². The quantitative estimate of drug-likeness (QED) is 0.803. The maximum absolute atomic E-state index is 9.20. The van der Waals surface area contributed by atoms with E-state index < -0.39 is 0 Å². The minimum Gasteiger partial charge on any atom is -0.197 e. The van der Waals surface area contributed by atoms with Crippen LogP contribution in [0.15, 0.2) is 28.6 Å². The van der Waals surface area contributed by atoms with E-state index in [9.17, 15) is 5.26 Å². The van der Waals surface area contributed by atoms with Crippen LogP contribution in [0, 0.1) is 25.2 Å². The highest BCUT2D eigenvalue weighted by atomic mass is 32.2. The summed E-state index contributed by atoms with van der Waals surface area (Å²) in [5, 5.41) is 18.0. The summed E-state index contributed by atoms with van der Waals surface area (Å²) in [5.74, 6) is 0. The van der Waals surface area contributed by atoms with Crippen LogP contribution in [0.5, 0.6) is 0 Å². The van der Waals surface area contributed by atoms with Gasteiger partial charge in [0.25, 0.3) is 0 Å². The Labute approximate surface area is 115 Å². The zero-order valence-electron chi connectivity index (χ0n) is 10.3. The number of hydrogen-bond acceptors (Lipinski definition) is 5. The summed E-state index contributed by atoms with van der Waals surface area (Å²) in [6, 6.07) is 10.6. The molecule has 0 radical (unpaired) electrons. The molecule has 0 N–H and O–H groups in total. The first kappa shape index (κ1) is 13.1. The van der Waals surface area contributed by atoms with Crippen molar-refractivity contribution in [1.29, 1.82) is 5.26 Å². The number of hydrogen-bond donors (Lipinski definition) is 0. The highest BCUT2D eigenvalue weighted by molar-refractivity contribution is 8.01. The minimum atomic E-state index is -0.111. The summed E-state index contributed by atoms with van der Waals surface area (Å²) >= 11 is 3.03. The Balaban J connectivity index is 2.02. The van der Waals surface area contributed by atoms with Crippen LogP contribution in [0.1, 0.15) is 16.1 Å². The van der Waals surface area contributed by atoms with E-state index in [4.69, 9.17) is 0 Å². The lowest BCUT2D eigenvalue weighted by Gasteiger charge is -2.06. The van der Waals surface area contributed by atoms with Gasteiger partial charge in [0.1, 0.15) is 10.3 Å². The highest BCUT2D eigenvalue weighted by Gasteiger charge is 2.13. The molecule has 0 aliphatic carbocycles. The van der Waals surface area contributed by atoms with Crippen LogP contribution in [0.4, 0.5) is 0 Å². The summed E-state index contributed by atoms with van der Waals surface area (Å²) in [7, 11) is 0. The second-order valence-electron chi connectivity index (χ2n) is 4.01. The Morgan fingerprint density at radius 1 is 1.28 bits per heavy atom. The number of thioether (sulfide) groups is 1. The molecule has 3 nitrogen and oxygen atoms in total. The van der Waals surface area contributed by atoms with Crippen molar-refractivity contribution in [3.63, 3.8) is 0 Å². The largest absolute Gasteiger partial charge is 0.197 e. The number of nitriles is 1. The maximum Gasteiger partial charge on any atom is 0.175 e. The molecule has 1 aromatic carbocycles. The third-order valence-corrected chi connectivity index (χ3v) is 4.45. The van der Waals surface area contributed by atoms with Gasteiger partial charge in [-0.25, -0.2) is 0 Å². The summed E-state index contributed by atoms with van der Waals surface area (Å²) < 4.78 is 0.867. The molecule has 0 saturated heterocycles. The normalized spacial score (nSPS) is 12.1. The van der Waals surface area contributed by atoms with Gasteiger partial charge in [-0.15, -0.1) is 10.2 Å². The molecule has 0 spiro atoms. The van der Waals surface area contributed by atoms with Crippen molar-refractivity contribution in [1.82, 2.24) is 10.2 Å². The van der Waals surface area contributed by atoms with Gasteiger partial charge in [0.05, 0.1) is 6.07 Å². The second-order valence-corrected chi connectivity index (χ2v) is 6.64. The van der Waals surface area contributed by atoms with Crippen molar-refractivity contribution in [2.45, 2.75) is 29.9 Å². The summed E-state index contributed by atoms with van der Waals surface area (Å²) in [5.41, 5.74) is 2.42. The fourth-order valence-corrected chi connectivity index (χ4v) is 3.48. The van der Waals surface area contributed by atoms with Gasteiger partial charge in [-0.1, -0.05) is 52.9 Å². The number of rotatable bonds is 4. The average Bonchev–Trinajstić information content (AvgIpc) is 2.77. The molecule has 2 rings (SSSR count). The molecular formula is C13H13N3S2. The fraction of sp³-hybridized carbons (Fsp3) is 0.308. The first-order chi connectivity index (χ1) is 8.67. The second kappa shape index (κ2) is 5.98. The predicted octanol–water partition coefficient (Wildman–Crippen LogP) is 3.38. The number of benzene rings is 1. The average molecular weight is 275 g/mol. The lowest BCUT2D eigenvalue weighted by atomic mass is 10.1. The van der Waals surface area contributed by atoms with Crippen LogP contribution < -0.4 is 0 Å². The summed E-state index contributed by atoms with van der Waals surface area (Å²) in [6.07, 6.45) is 0.736. The predicted molar refractivity (Wildman–Crippen MR) is 74.8 cm³/mol. The molecule has 1 aromatic heterocycles. The van der Waals surface area contributed by atoms with E-state index in [-0.39, 0.29) is 5.25 Å². The maximum atomic E-state index is 9.20. The monoisotopic (exact) mass is 275 g/mol. The Bertz CT molecular complexity index is 554. The lowest BCUT2D eigenvalue weighted by molar-refractivity contribution is 0.971. The molecule has 5 heteroatoms. The van der Waals surface area contributed by atoms with E-state index in [0.29, 0.717) is 0 Å². The topological polar surface area (TPSA) is 49.6 Å². The van der Waals surface area contributed by atoms with E-state index in [1.165, 1.54) is 34.2 Å². The standard InChI is InChI=1S/C13H13N3S2/c1-9-3-5-11(6-4-9)7-12(8-14)18-13-16-15-10(2)17-13/h3-6,12H,7H2,1-2H3/t12-/m0/s1. The third-order valence-electron chi connectivity index (χ3n) is 2.44. The SMILES string of the molecule is Cc1ccc(C[C@@H](C#N)Sc2nnc(C)s2)cc1. The van der Waals surface area contributed by atoms with Gasteiger partial charge >= 0.3 is 0 Å². The third kappa shape index (κ3) is 3.56. The molecule has 2 aromatic rings. The Morgan fingerprint density at radius 2 is 2.00 bits per heavy atom. The van der Waals surface area contributed by atoms with Gasteiger partial charge in [-0.2, -0.15) is 5.26 Å². The zero-order valence-corrected chi connectivity index (χ0v) is 11.9. The molecule has 0 amide bonds. The van der Waals surface area contributed by atoms with Crippen LogP contribution >= 0.6 is 23.1 Å². The van der Waals surface area contributed by atoms with Crippen LogP contribution in [0.3, 0.4) is 0 Å². The lowest BCUT2D eigenvalue weighted by Crippen LogP contribution is -2.03. The Hall–Kier alpha value is -1.38. The van der Waals surface area contributed by atoms with Gasteiger partial charge in [-0.05, 0) is 25.8 Å². The van der Waals surface area contributed by atoms with E-state index in [1.54, 1.807) is 0 Å². The van der Waals surface area contributed by atoms with Crippen LogP contribution in [-0.4, -0.2) is 15.4 Å². The van der Waals surface area contributed by atoms with Crippen molar-refractivity contribution in [3.8, 4) is 6.07 Å². The molecule has 0 fully saturated rings. The smallest absolute Gasteiger partial charge is 0.175 e. The van der Waals surface area contributed by atoms with Gasteiger partial charge in [-0.3, -0.25) is 0 Å². The number of aryl methyl sites for hydroxylation is 2. The zero-order chi connectivity index (χ0) is 13.0. The molecule has 18 heavy (non-hydrogen) atoms. The van der Waals surface area contributed by atoms with Crippen LogP contribution in [-0.2, 0) is 6.42 Å². The summed E-state index contributed by atoms with van der Waals surface area (Å²) in [6.45, 7) is 3.98. The molecule has 1 atom stereocenters. The Morgan fingerprint density at radius 3 is 2.56 bits per heavy atom. The molecule has 0 unspecified atom stereocenters. The van der Waals surface area contributed by atoms with Gasteiger partial charge in [0.2, 0.25) is 0 Å². The van der Waals surface area contributed by atoms with Crippen molar-refractivity contribution in [2.75, 3.05) is 0 Å². The van der Waals surface area contributed by atoms with E-state index >= 15 is 0 Å². The molecular weight excluding hydrogens is 262 g/mol. The molecule has 0 saturated carbocycles. The van der Waals surface area contributed by atoms with Crippen molar-refractivity contribution >= 4 is 23.1 Å². The van der Waals surface area contributed by atoms with Crippen molar-refractivity contribution in [3.05, 3.63) is 40.4 Å². The first-order valence-electron chi connectivity index (χ1n) is 5.59. The van der Waals surface area contributed by atoms with E-state index in [2.05, 4.69) is 47.5 Å². The Kier molecular flexibility index (Phi) is 4.34. The molecule has 0 aliphatic heterocycles. The van der Waals surface area contributed by atoms with Gasteiger partial charge < -0.3 is 0 Å². The fourth-order valence-electron chi connectivity index (χ4n) is 1.50. The van der Waals surface area contributed by atoms with Gasteiger partial charge in [0.15, 0.2) is 4.34 Å². The molecule has 92 valence electrons. The van der Waals surface area contributed by atoms with Crippen molar-refractivity contribution in [2.24, 2.45) is 0 Å². The molecule has 0 bridgehead atoms. The number of aromatic nitrogens is 2. The minimum absolute atomic E-state index is 0.111. The van der Waals surface area contributed by atoms with Crippen LogP contribution in [0.25, 0.3) is 0 Å². The summed E-state index contributed by atoms with van der Waals surface area (Å²) in [4.78, 5) is 0. The number of nitrogens with zero attached hydrogens (tertiary/aromatic N) is 3. The molecule has 1 heterocycles. The first-order valence-corrected chi connectivity index (χ1v) is 7.29. The van der Waals surface area contributed by atoms with Crippen molar-refractivity contribution < 1.29 is 0 Å². The molecule has 0 aliphatic rings. The van der Waals surface area contributed by atoms with E-state index in [1.807, 2.05) is 6.92 Å². The van der Waals surface area contributed by atoms with Crippen LogP contribution in [0.2, 0.25) is 0 Å².